The minimum atomic E-state index is -1.31. The molecule has 14 nitrogen and oxygen atoms in total. The average molecular weight is 541 g/mol. The third-order valence-corrected chi connectivity index (χ3v) is 5.76. The van der Waals surface area contributed by atoms with Gasteiger partial charge in [-0.2, -0.15) is 5.26 Å². The number of thiocyanates is 1. The standard InChI is InChI=1S/C22H28N4O10S/c1-14(25(9-19(29)30)10-20(31)32)6-24(8-18(27)28)7-17(26(11-21(33)34)12-22(35)36)15-2-4-16(5-3-15)37-13-23/h2-5,14,17H,6-12H2,1H3,(H,27,28)(H,29,30)(H,31,32)(H,33,34)(H,35,36). The van der Waals surface area contributed by atoms with Gasteiger partial charge in [0.25, 0.3) is 0 Å². The van der Waals surface area contributed by atoms with Crippen LogP contribution in [-0.4, -0.2) is 122 Å². The Morgan fingerprint density at radius 2 is 1.19 bits per heavy atom. The maximum absolute atomic E-state index is 11.6. The van der Waals surface area contributed by atoms with Crippen molar-refractivity contribution in [2.24, 2.45) is 0 Å². The minimum Gasteiger partial charge on any atom is -0.480 e. The summed E-state index contributed by atoms with van der Waals surface area (Å²) >= 11 is 0.883. The molecule has 0 fully saturated rings. The molecule has 0 aliphatic carbocycles. The van der Waals surface area contributed by atoms with Crippen molar-refractivity contribution in [3.05, 3.63) is 29.8 Å². The second-order valence-corrected chi connectivity index (χ2v) is 8.96. The summed E-state index contributed by atoms with van der Waals surface area (Å²) in [4.78, 5) is 61.2. The Balaban J connectivity index is 3.39. The number of hydrogen-bond acceptors (Lipinski definition) is 10. The zero-order valence-electron chi connectivity index (χ0n) is 19.9. The molecule has 0 saturated carbocycles. The highest BCUT2D eigenvalue weighted by Gasteiger charge is 2.30. The first-order valence-corrected chi connectivity index (χ1v) is 11.6. The lowest BCUT2D eigenvalue weighted by Gasteiger charge is -2.36. The molecular weight excluding hydrogens is 512 g/mol. The van der Waals surface area contributed by atoms with E-state index >= 15 is 0 Å². The molecule has 0 bridgehead atoms. The van der Waals surface area contributed by atoms with Crippen molar-refractivity contribution < 1.29 is 49.5 Å². The summed E-state index contributed by atoms with van der Waals surface area (Å²) < 4.78 is 0. The largest absolute Gasteiger partial charge is 0.480 e. The summed E-state index contributed by atoms with van der Waals surface area (Å²) in [5, 5.41) is 57.2. The third kappa shape index (κ3) is 12.2. The first kappa shape index (κ1) is 31.3. The molecule has 1 aromatic carbocycles. The summed E-state index contributed by atoms with van der Waals surface area (Å²) in [5.41, 5.74) is 0.459. The maximum atomic E-state index is 11.6. The lowest BCUT2D eigenvalue weighted by Crippen LogP contribution is -2.50. The number of carboxylic acids is 5. The molecule has 0 aliphatic rings. The molecule has 0 radical (unpaired) electrons. The zero-order chi connectivity index (χ0) is 28.1. The second-order valence-electron chi connectivity index (χ2n) is 8.10. The molecule has 0 aliphatic heterocycles. The molecular formula is C22H28N4O10S. The highest BCUT2D eigenvalue weighted by atomic mass is 32.2. The fraction of sp³-hybridized carbons (Fsp3) is 0.455. The molecule has 0 amide bonds. The van der Waals surface area contributed by atoms with E-state index in [1.807, 2.05) is 5.40 Å². The SMILES string of the molecule is CC(CN(CC(=O)O)CC(c1ccc(SC#N)cc1)N(CC(=O)O)CC(=O)O)N(CC(=O)O)CC(=O)O. The van der Waals surface area contributed by atoms with E-state index in [0.29, 0.717) is 10.5 Å². The molecule has 0 aromatic heterocycles. The van der Waals surface area contributed by atoms with Crippen molar-refractivity contribution in [3.63, 3.8) is 0 Å². The van der Waals surface area contributed by atoms with E-state index in [9.17, 15) is 39.3 Å². The number of hydrogen-bond donors (Lipinski definition) is 5. The number of benzene rings is 1. The Kier molecular flexibility index (Phi) is 13.0. The van der Waals surface area contributed by atoms with Crippen molar-refractivity contribution in [1.82, 2.24) is 14.7 Å². The van der Waals surface area contributed by atoms with E-state index < -0.39 is 74.7 Å². The van der Waals surface area contributed by atoms with E-state index in [4.69, 9.17) is 15.5 Å². The Hall–Kier alpha value is -3.71. The summed E-state index contributed by atoms with van der Waals surface area (Å²) in [7, 11) is 0. The predicted molar refractivity (Wildman–Crippen MR) is 128 cm³/mol. The summed E-state index contributed by atoms with van der Waals surface area (Å²) in [6.45, 7) is -1.89. The molecule has 15 heteroatoms. The fourth-order valence-corrected chi connectivity index (χ4v) is 4.09. The van der Waals surface area contributed by atoms with Crippen LogP contribution in [0, 0.1) is 10.7 Å². The molecule has 0 spiro atoms. The van der Waals surface area contributed by atoms with Gasteiger partial charge in [0.1, 0.15) is 5.40 Å². The van der Waals surface area contributed by atoms with E-state index in [1.54, 1.807) is 24.3 Å². The zero-order valence-corrected chi connectivity index (χ0v) is 20.7. The van der Waals surface area contributed by atoms with Gasteiger partial charge in [-0.3, -0.25) is 38.7 Å². The molecule has 2 atom stereocenters. The van der Waals surface area contributed by atoms with Crippen LogP contribution >= 0.6 is 11.8 Å². The van der Waals surface area contributed by atoms with Crippen molar-refractivity contribution in [1.29, 1.82) is 5.26 Å². The fourth-order valence-electron chi connectivity index (χ4n) is 3.71. The van der Waals surface area contributed by atoms with Crippen LogP contribution in [0.5, 0.6) is 0 Å². The van der Waals surface area contributed by atoms with Crippen LogP contribution in [0.25, 0.3) is 0 Å². The molecule has 202 valence electrons. The number of aliphatic carboxylic acids is 5. The average Bonchev–Trinajstić information content (AvgIpc) is 2.75. The maximum Gasteiger partial charge on any atom is 0.317 e. The van der Waals surface area contributed by atoms with Crippen LogP contribution in [0.4, 0.5) is 0 Å². The van der Waals surface area contributed by atoms with Crippen LogP contribution in [0.15, 0.2) is 29.2 Å². The van der Waals surface area contributed by atoms with Gasteiger partial charge in [0.15, 0.2) is 0 Å². The van der Waals surface area contributed by atoms with Crippen molar-refractivity contribution >= 4 is 41.6 Å². The van der Waals surface area contributed by atoms with Crippen LogP contribution in [-0.2, 0) is 24.0 Å². The van der Waals surface area contributed by atoms with E-state index in [2.05, 4.69) is 0 Å². The monoisotopic (exact) mass is 540 g/mol. The van der Waals surface area contributed by atoms with Gasteiger partial charge < -0.3 is 25.5 Å². The summed E-state index contributed by atoms with van der Waals surface area (Å²) in [5.74, 6) is -6.43. The number of nitriles is 1. The first-order valence-electron chi connectivity index (χ1n) is 10.8. The highest BCUT2D eigenvalue weighted by Crippen LogP contribution is 2.26. The van der Waals surface area contributed by atoms with Gasteiger partial charge in [-0.1, -0.05) is 12.1 Å². The number of carboxylic acid groups (broad SMARTS) is 5. The Labute approximate surface area is 216 Å². The first-order chi connectivity index (χ1) is 17.3. The molecule has 5 N–H and O–H groups in total. The molecule has 0 heterocycles. The molecule has 0 saturated heterocycles. The quantitative estimate of drug-likeness (QED) is 0.122. The number of thioether (sulfide) groups is 1. The van der Waals surface area contributed by atoms with Gasteiger partial charge >= 0.3 is 29.8 Å². The van der Waals surface area contributed by atoms with Crippen LogP contribution in [0.3, 0.4) is 0 Å². The van der Waals surface area contributed by atoms with Crippen LogP contribution < -0.4 is 0 Å². The van der Waals surface area contributed by atoms with Gasteiger partial charge in [0, 0.05) is 30.1 Å². The minimum absolute atomic E-state index is 0.111. The molecule has 2 unspecified atom stereocenters. The normalized spacial score (nSPS) is 12.7. The Morgan fingerprint density at radius 3 is 1.59 bits per heavy atom. The van der Waals surface area contributed by atoms with E-state index in [-0.39, 0.29) is 13.1 Å². The summed E-state index contributed by atoms with van der Waals surface area (Å²) in [6, 6.07) is 4.65. The van der Waals surface area contributed by atoms with Gasteiger partial charge in [-0.25, -0.2) is 0 Å². The van der Waals surface area contributed by atoms with Crippen LogP contribution in [0.1, 0.15) is 18.5 Å². The number of nitrogens with zero attached hydrogens (tertiary/aromatic N) is 4. The van der Waals surface area contributed by atoms with Gasteiger partial charge in [0.05, 0.1) is 32.7 Å². The topological polar surface area (TPSA) is 220 Å². The van der Waals surface area contributed by atoms with Gasteiger partial charge in [0.2, 0.25) is 0 Å². The lowest BCUT2D eigenvalue weighted by atomic mass is 10.0. The van der Waals surface area contributed by atoms with Crippen LogP contribution in [0.2, 0.25) is 0 Å². The van der Waals surface area contributed by atoms with E-state index in [1.165, 1.54) is 11.8 Å². The Morgan fingerprint density at radius 1 is 0.757 bits per heavy atom. The van der Waals surface area contributed by atoms with Crippen molar-refractivity contribution in [2.75, 3.05) is 45.8 Å². The summed E-state index contributed by atoms with van der Waals surface area (Å²) in [6.07, 6.45) is 0. The third-order valence-electron chi connectivity index (χ3n) is 5.16. The highest BCUT2D eigenvalue weighted by molar-refractivity contribution is 8.03. The van der Waals surface area contributed by atoms with Crippen molar-refractivity contribution in [2.45, 2.75) is 23.9 Å². The second kappa shape index (κ2) is 15.4. The lowest BCUT2D eigenvalue weighted by molar-refractivity contribution is -0.144. The molecule has 1 rings (SSSR count). The van der Waals surface area contributed by atoms with Crippen molar-refractivity contribution in [3.8, 4) is 5.40 Å². The van der Waals surface area contributed by atoms with E-state index in [0.717, 1.165) is 21.6 Å². The number of carbonyl (C=O) groups is 5. The van der Waals surface area contributed by atoms with Gasteiger partial charge in [-0.15, -0.1) is 0 Å². The predicted octanol–water partition coefficient (Wildman–Crippen LogP) is 0.0184. The number of rotatable bonds is 18. The molecule has 37 heavy (non-hydrogen) atoms. The molecule has 1 aromatic rings. The van der Waals surface area contributed by atoms with Gasteiger partial charge in [-0.05, 0) is 36.4 Å². The smallest absolute Gasteiger partial charge is 0.317 e. The Bertz CT molecular complexity index is 982.